The standard InChI is InChI=1S/C18H15N3O2.ClH/c1-22-14-7-13(8-15(9-14)23-2)21-18-12(10-19)11-20-17-6-4-3-5-16(17)18;/h3-9,11H,1-2H3,(H,20,21);1H. The average Bonchev–Trinajstić information content (AvgIpc) is 2.61. The molecule has 5 nitrogen and oxygen atoms in total. The van der Waals surface area contributed by atoms with Crippen molar-refractivity contribution in [2.75, 3.05) is 19.5 Å². The summed E-state index contributed by atoms with van der Waals surface area (Å²) < 4.78 is 10.6. The third kappa shape index (κ3) is 3.34. The van der Waals surface area contributed by atoms with Crippen molar-refractivity contribution < 1.29 is 9.47 Å². The summed E-state index contributed by atoms with van der Waals surface area (Å²) in [5.74, 6) is 1.34. The molecule has 122 valence electrons. The molecule has 0 atom stereocenters. The van der Waals surface area contributed by atoms with E-state index in [1.165, 1.54) is 0 Å². The summed E-state index contributed by atoms with van der Waals surface area (Å²) >= 11 is 0. The van der Waals surface area contributed by atoms with E-state index in [0.29, 0.717) is 22.7 Å². The lowest BCUT2D eigenvalue weighted by Crippen LogP contribution is -1.98. The number of hydrogen-bond donors (Lipinski definition) is 1. The fraction of sp³-hybridized carbons (Fsp3) is 0.111. The molecule has 0 saturated carbocycles. The highest BCUT2D eigenvalue weighted by atomic mass is 35.5. The fourth-order valence-electron chi connectivity index (χ4n) is 2.38. The Balaban J connectivity index is 0.00000208. The zero-order valence-electron chi connectivity index (χ0n) is 13.2. The van der Waals surface area contributed by atoms with Crippen LogP contribution in [0.4, 0.5) is 11.4 Å². The molecule has 0 aliphatic rings. The van der Waals surface area contributed by atoms with Gasteiger partial charge in [-0.3, -0.25) is 4.98 Å². The van der Waals surface area contributed by atoms with E-state index < -0.39 is 0 Å². The zero-order chi connectivity index (χ0) is 16.2. The first kappa shape index (κ1) is 17.4. The number of halogens is 1. The Kier molecular flexibility index (Phi) is 5.46. The molecule has 1 heterocycles. The van der Waals surface area contributed by atoms with Crippen molar-refractivity contribution in [3.63, 3.8) is 0 Å². The molecule has 0 radical (unpaired) electrons. The molecule has 3 rings (SSSR count). The summed E-state index contributed by atoms with van der Waals surface area (Å²) in [6.45, 7) is 0. The van der Waals surface area contributed by atoms with Gasteiger partial charge in [-0.05, 0) is 6.07 Å². The van der Waals surface area contributed by atoms with Gasteiger partial charge in [0.2, 0.25) is 0 Å². The number of benzene rings is 2. The Morgan fingerprint density at radius 2 is 1.71 bits per heavy atom. The molecule has 24 heavy (non-hydrogen) atoms. The van der Waals surface area contributed by atoms with Crippen LogP contribution in [0.15, 0.2) is 48.7 Å². The van der Waals surface area contributed by atoms with E-state index in [1.54, 1.807) is 26.5 Å². The summed E-state index contributed by atoms with van der Waals surface area (Å²) in [4.78, 5) is 4.31. The SMILES string of the molecule is COc1cc(Nc2c(C#N)cnc3ccccc23)cc(OC)c1.Cl. The number of nitrogens with zero attached hydrogens (tertiary/aromatic N) is 2. The van der Waals surface area contributed by atoms with E-state index in [0.717, 1.165) is 16.6 Å². The molecular weight excluding hydrogens is 326 g/mol. The molecule has 0 bridgehead atoms. The van der Waals surface area contributed by atoms with Crippen LogP contribution >= 0.6 is 12.4 Å². The van der Waals surface area contributed by atoms with Gasteiger partial charge in [0.1, 0.15) is 17.6 Å². The summed E-state index contributed by atoms with van der Waals surface area (Å²) in [7, 11) is 3.20. The number of aromatic nitrogens is 1. The van der Waals surface area contributed by atoms with Crippen LogP contribution in [-0.2, 0) is 0 Å². The number of pyridine rings is 1. The maximum atomic E-state index is 9.38. The number of rotatable bonds is 4. The quantitative estimate of drug-likeness (QED) is 0.766. The Morgan fingerprint density at radius 3 is 2.33 bits per heavy atom. The molecule has 2 aromatic carbocycles. The number of ether oxygens (including phenoxy) is 2. The van der Waals surface area contributed by atoms with E-state index >= 15 is 0 Å². The minimum absolute atomic E-state index is 0. The molecule has 1 N–H and O–H groups in total. The van der Waals surface area contributed by atoms with Crippen LogP contribution in [-0.4, -0.2) is 19.2 Å². The van der Waals surface area contributed by atoms with Gasteiger partial charge < -0.3 is 14.8 Å². The minimum Gasteiger partial charge on any atom is -0.497 e. The Bertz CT molecular complexity index is 884. The highest BCUT2D eigenvalue weighted by molar-refractivity contribution is 5.95. The first-order valence-electron chi connectivity index (χ1n) is 7.03. The molecule has 6 heteroatoms. The molecule has 0 spiro atoms. The number of para-hydroxylation sites is 1. The van der Waals surface area contributed by atoms with E-state index in [2.05, 4.69) is 16.4 Å². The lowest BCUT2D eigenvalue weighted by molar-refractivity contribution is 0.395. The van der Waals surface area contributed by atoms with Crippen LogP contribution in [0.2, 0.25) is 0 Å². The van der Waals surface area contributed by atoms with Gasteiger partial charge in [0.15, 0.2) is 0 Å². The second-order valence-corrected chi connectivity index (χ2v) is 4.90. The van der Waals surface area contributed by atoms with Crippen LogP contribution in [0.1, 0.15) is 5.56 Å². The Hall–Kier alpha value is -2.97. The second-order valence-electron chi connectivity index (χ2n) is 4.90. The van der Waals surface area contributed by atoms with Crippen LogP contribution in [0.25, 0.3) is 10.9 Å². The number of anilines is 2. The van der Waals surface area contributed by atoms with Crippen molar-refractivity contribution >= 4 is 34.7 Å². The summed E-state index contributed by atoms with van der Waals surface area (Å²) in [6, 6.07) is 15.3. The summed E-state index contributed by atoms with van der Waals surface area (Å²) in [5.41, 5.74) is 2.79. The monoisotopic (exact) mass is 341 g/mol. The average molecular weight is 342 g/mol. The largest absolute Gasteiger partial charge is 0.497 e. The molecule has 0 unspecified atom stereocenters. The lowest BCUT2D eigenvalue weighted by Gasteiger charge is -2.13. The van der Waals surface area contributed by atoms with Crippen LogP contribution < -0.4 is 14.8 Å². The normalized spacial score (nSPS) is 9.71. The van der Waals surface area contributed by atoms with Gasteiger partial charge in [-0.1, -0.05) is 18.2 Å². The van der Waals surface area contributed by atoms with Crippen molar-refractivity contribution in [3.8, 4) is 17.6 Å². The Morgan fingerprint density at radius 1 is 1.04 bits per heavy atom. The van der Waals surface area contributed by atoms with Gasteiger partial charge in [0.25, 0.3) is 0 Å². The molecule has 1 aromatic heterocycles. The predicted octanol–water partition coefficient (Wildman–Crippen LogP) is 4.29. The number of methoxy groups -OCH3 is 2. The van der Waals surface area contributed by atoms with Crippen molar-refractivity contribution in [2.45, 2.75) is 0 Å². The smallest absolute Gasteiger partial charge is 0.124 e. The van der Waals surface area contributed by atoms with Gasteiger partial charge in [0, 0.05) is 35.5 Å². The number of fused-ring (bicyclic) bond motifs is 1. The zero-order valence-corrected chi connectivity index (χ0v) is 14.1. The molecular formula is C18H16ClN3O2. The number of hydrogen-bond acceptors (Lipinski definition) is 5. The molecule has 0 saturated heterocycles. The van der Waals surface area contributed by atoms with Crippen LogP contribution in [0.5, 0.6) is 11.5 Å². The molecule has 0 aliphatic heterocycles. The van der Waals surface area contributed by atoms with E-state index in [4.69, 9.17) is 9.47 Å². The lowest BCUT2D eigenvalue weighted by atomic mass is 10.1. The number of nitriles is 1. The van der Waals surface area contributed by atoms with Gasteiger partial charge in [0.05, 0.1) is 31.0 Å². The summed E-state index contributed by atoms with van der Waals surface area (Å²) in [5, 5.41) is 13.6. The van der Waals surface area contributed by atoms with Gasteiger partial charge in [-0.15, -0.1) is 12.4 Å². The first-order valence-corrected chi connectivity index (χ1v) is 7.03. The minimum atomic E-state index is 0. The van der Waals surface area contributed by atoms with E-state index in [1.807, 2.05) is 36.4 Å². The van der Waals surface area contributed by atoms with Crippen molar-refractivity contribution in [3.05, 3.63) is 54.2 Å². The van der Waals surface area contributed by atoms with Gasteiger partial charge in [-0.25, -0.2) is 0 Å². The van der Waals surface area contributed by atoms with E-state index in [-0.39, 0.29) is 12.4 Å². The second kappa shape index (κ2) is 7.53. The van der Waals surface area contributed by atoms with Crippen molar-refractivity contribution in [1.29, 1.82) is 5.26 Å². The maximum Gasteiger partial charge on any atom is 0.124 e. The predicted molar refractivity (Wildman–Crippen MR) is 96.5 cm³/mol. The van der Waals surface area contributed by atoms with Gasteiger partial charge in [-0.2, -0.15) is 5.26 Å². The molecule has 0 aliphatic carbocycles. The highest BCUT2D eigenvalue weighted by Crippen LogP contribution is 2.32. The van der Waals surface area contributed by atoms with Crippen LogP contribution in [0.3, 0.4) is 0 Å². The maximum absolute atomic E-state index is 9.38. The molecule has 3 aromatic rings. The Labute approximate surface area is 146 Å². The van der Waals surface area contributed by atoms with Crippen molar-refractivity contribution in [1.82, 2.24) is 4.98 Å². The third-order valence-electron chi connectivity index (χ3n) is 3.52. The fourth-order valence-corrected chi connectivity index (χ4v) is 2.38. The first-order chi connectivity index (χ1) is 11.2. The number of nitrogens with one attached hydrogen (secondary N) is 1. The highest BCUT2D eigenvalue weighted by Gasteiger charge is 2.10. The summed E-state index contributed by atoms with van der Waals surface area (Å²) in [6.07, 6.45) is 1.57. The molecule has 0 amide bonds. The topological polar surface area (TPSA) is 67.2 Å². The third-order valence-corrected chi connectivity index (χ3v) is 3.52. The van der Waals surface area contributed by atoms with Crippen LogP contribution in [0, 0.1) is 11.3 Å². The van der Waals surface area contributed by atoms with Crippen molar-refractivity contribution in [2.24, 2.45) is 0 Å². The molecule has 0 fully saturated rings. The van der Waals surface area contributed by atoms with Gasteiger partial charge >= 0.3 is 0 Å². The van der Waals surface area contributed by atoms with E-state index in [9.17, 15) is 5.26 Å².